The summed E-state index contributed by atoms with van der Waals surface area (Å²) >= 11 is 11.6. The van der Waals surface area contributed by atoms with E-state index in [0.717, 1.165) is 0 Å². The molecule has 7 nitrogen and oxygen atoms in total. The average Bonchev–Trinajstić information content (AvgIpc) is 2.83. The molecule has 10 heteroatoms. The molecule has 1 aromatic carbocycles. The summed E-state index contributed by atoms with van der Waals surface area (Å²) in [5.74, 6) is 0.219. The predicted molar refractivity (Wildman–Crippen MR) is 64.7 cm³/mol. The first kappa shape index (κ1) is 13.2. The molecule has 0 amide bonds. The first-order chi connectivity index (χ1) is 8.50. The molecule has 0 radical (unpaired) electrons. The Kier molecular flexibility index (Phi) is 3.81. The van der Waals surface area contributed by atoms with Gasteiger partial charge < -0.3 is 0 Å². The molecule has 0 unspecified atom stereocenters. The Hall–Kier alpha value is -1.22. The number of nitrogens with zero attached hydrogens (tertiary/aromatic N) is 3. The molecule has 1 heterocycles. The summed E-state index contributed by atoms with van der Waals surface area (Å²) < 4.78 is 26.2. The number of nitrogens with one attached hydrogen (secondary N) is 2. The summed E-state index contributed by atoms with van der Waals surface area (Å²) in [4.78, 5) is -0.0971. The van der Waals surface area contributed by atoms with E-state index in [0.29, 0.717) is 0 Å². The molecule has 2 aromatic rings. The summed E-state index contributed by atoms with van der Waals surface area (Å²) in [5, 5.41) is 12.9. The Labute approximate surface area is 113 Å². The number of rotatable bonds is 4. The number of benzene rings is 1. The second kappa shape index (κ2) is 5.19. The van der Waals surface area contributed by atoms with Crippen LogP contribution in [0.3, 0.4) is 0 Å². The third kappa shape index (κ3) is 2.78. The lowest BCUT2D eigenvalue weighted by atomic mass is 10.4. The van der Waals surface area contributed by atoms with Crippen LogP contribution in [-0.4, -0.2) is 29.0 Å². The molecule has 0 aliphatic carbocycles. The first-order valence-corrected chi connectivity index (χ1v) is 6.90. The van der Waals surface area contributed by atoms with Crippen LogP contribution in [0, 0.1) is 0 Å². The minimum absolute atomic E-state index is 0.0280. The van der Waals surface area contributed by atoms with Crippen molar-refractivity contribution in [2.24, 2.45) is 0 Å². The summed E-state index contributed by atoms with van der Waals surface area (Å²) in [5.41, 5.74) is 0. The number of hydrogen-bond acceptors (Lipinski definition) is 5. The molecule has 1 aromatic heterocycles. The van der Waals surface area contributed by atoms with E-state index in [9.17, 15) is 8.42 Å². The molecule has 0 aliphatic heterocycles. The van der Waals surface area contributed by atoms with Gasteiger partial charge in [-0.1, -0.05) is 34.5 Å². The highest BCUT2D eigenvalue weighted by Gasteiger charge is 2.19. The van der Waals surface area contributed by atoms with Crippen LogP contribution in [0.15, 0.2) is 23.1 Å². The molecule has 0 atom stereocenters. The van der Waals surface area contributed by atoms with E-state index in [1.165, 1.54) is 18.2 Å². The van der Waals surface area contributed by atoms with Crippen LogP contribution in [0.5, 0.6) is 0 Å². The highest BCUT2D eigenvalue weighted by atomic mass is 35.5. The maximum absolute atomic E-state index is 12.0. The Morgan fingerprint density at radius 3 is 2.78 bits per heavy atom. The zero-order valence-corrected chi connectivity index (χ0v) is 11.1. The lowest BCUT2D eigenvalue weighted by Crippen LogP contribution is -2.24. The van der Waals surface area contributed by atoms with Gasteiger partial charge >= 0.3 is 0 Å². The Morgan fingerprint density at radius 1 is 1.33 bits per heavy atom. The van der Waals surface area contributed by atoms with Crippen molar-refractivity contribution < 1.29 is 8.42 Å². The monoisotopic (exact) mass is 307 g/mol. The van der Waals surface area contributed by atoms with Crippen molar-refractivity contribution in [3.8, 4) is 0 Å². The van der Waals surface area contributed by atoms with Gasteiger partial charge in [-0.3, -0.25) is 0 Å². The van der Waals surface area contributed by atoms with Gasteiger partial charge in [-0.25, -0.2) is 13.1 Å². The molecular formula is C8H7Cl2N5O2S. The van der Waals surface area contributed by atoms with Crippen LogP contribution in [0.1, 0.15) is 5.82 Å². The number of hydrogen-bond donors (Lipinski definition) is 2. The number of sulfonamides is 1. The molecule has 0 saturated carbocycles. The molecule has 18 heavy (non-hydrogen) atoms. The molecule has 0 aliphatic rings. The summed E-state index contributed by atoms with van der Waals surface area (Å²) in [6.07, 6.45) is 0. The van der Waals surface area contributed by atoms with Gasteiger partial charge in [0.1, 0.15) is 4.90 Å². The summed E-state index contributed by atoms with van der Waals surface area (Å²) in [6.45, 7) is -0.0956. The predicted octanol–water partition coefficient (Wildman–Crippen LogP) is 0.985. The largest absolute Gasteiger partial charge is 0.242 e. The molecule has 0 fully saturated rings. The van der Waals surface area contributed by atoms with Crippen molar-refractivity contribution in [3.63, 3.8) is 0 Å². The summed E-state index contributed by atoms with van der Waals surface area (Å²) in [7, 11) is -3.78. The standard InChI is InChI=1S/C8H7Cl2N5O2S/c9-5-2-1-3-6(8(5)10)18(16,17)11-4-7-12-14-15-13-7/h1-3,11H,4H2,(H,12,13,14,15). The highest BCUT2D eigenvalue weighted by molar-refractivity contribution is 7.89. The molecule has 0 spiro atoms. The van der Waals surface area contributed by atoms with E-state index >= 15 is 0 Å². The normalized spacial score (nSPS) is 11.7. The van der Waals surface area contributed by atoms with E-state index in [-0.39, 0.29) is 27.3 Å². The number of aromatic amines is 1. The number of aromatic nitrogens is 4. The van der Waals surface area contributed by atoms with Crippen LogP contribution < -0.4 is 4.72 Å². The number of tetrazole rings is 1. The quantitative estimate of drug-likeness (QED) is 0.877. The van der Waals surface area contributed by atoms with Crippen molar-refractivity contribution in [1.29, 1.82) is 0 Å². The minimum atomic E-state index is -3.78. The highest BCUT2D eigenvalue weighted by Crippen LogP contribution is 2.28. The van der Waals surface area contributed by atoms with Crippen molar-refractivity contribution in [1.82, 2.24) is 25.3 Å². The van der Waals surface area contributed by atoms with Gasteiger partial charge in [0.05, 0.1) is 16.6 Å². The van der Waals surface area contributed by atoms with Gasteiger partial charge in [-0.15, -0.1) is 10.2 Å². The van der Waals surface area contributed by atoms with E-state index < -0.39 is 10.0 Å². The Balaban J connectivity index is 2.23. The lowest BCUT2D eigenvalue weighted by molar-refractivity contribution is 0.579. The van der Waals surface area contributed by atoms with Gasteiger partial charge in [-0.05, 0) is 12.1 Å². The van der Waals surface area contributed by atoms with E-state index in [1.54, 1.807) is 0 Å². The van der Waals surface area contributed by atoms with Crippen molar-refractivity contribution in [2.75, 3.05) is 0 Å². The second-order valence-corrected chi connectivity index (χ2v) is 5.73. The fourth-order valence-electron chi connectivity index (χ4n) is 1.19. The SMILES string of the molecule is O=S(=O)(NCc1nn[nH]n1)c1cccc(Cl)c1Cl. The molecule has 2 N–H and O–H groups in total. The average molecular weight is 308 g/mol. The van der Waals surface area contributed by atoms with Crippen molar-refractivity contribution in [2.45, 2.75) is 11.4 Å². The van der Waals surface area contributed by atoms with E-state index in [2.05, 4.69) is 25.3 Å². The van der Waals surface area contributed by atoms with Crippen LogP contribution in [0.25, 0.3) is 0 Å². The lowest BCUT2D eigenvalue weighted by Gasteiger charge is -2.07. The van der Waals surface area contributed by atoms with Gasteiger partial charge in [0.15, 0.2) is 5.82 Å². The van der Waals surface area contributed by atoms with Crippen LogP contribution in [0.4, 0.5) is 0 Å². The second-order valence-electron chi connectivity index (χ2n) is 3.20. The maximum atomic E-state index is 12.0. The van der Waals surface area contributed by atoms with Gasteiger partial charge in [-0.2, -0.15) is 5.21 Å². The van der Waals surface area contributed by atoms with Gasteiger partial charge in [0, 0.05) is 0 Å². The molecule has 0 saturated heterocycles. The van der Waals surface area contributed by atoms with E-state index in [1.807, 2.05) is 0 Å². The fourth-order valence-corrected chi connectivity index (χ4v) is 2.93. The number of H-pyrrole nitrogens is 1. The van der Waals surface area contributed by atoms with Gasteiger partial charge in [0.2, 0.25) is 10.0 Å². The molecule has 96 valence electrons. The van der Waals surface area contributed by atoms with Crippen molar-refractivity contribution >= 4 is 33.2 Å². The van der Waals surface area contributed by atoms with Gasteiger partial charge in [0.25, 0.3) is 0 Å². The van der Waals surface area contributed by atoms with Crippen molar-refractivity contribution in [3.05, 3.63) is 34.1 Å². The van der Waals surface area contributed by atoms with Crippen LogP contribution >= 0.6 is 23.2 Å². The number of halogens is 2. The first-order valence-electron chi connectivity index (χ1n) is 4.67. The zero-order chi connectivity index (χ0) is 13.2. The zero-order valence-electron chi connectivity index (χ0n) is 8.76. The third-order valence-electron chi connectivity index (χ3n) is 2.02. The smallest absolute Gasteiger partial charge is 0.207 e. The van der Waals surface area contributed by atoms with Crippen LogP contribution in [-0.2, 0) is 16.6 Å². The summed E-state index contributed by atoms with van der Waals surface area (Å²) in [6, 6.07) is 4.35. The molecular weight excluding hydrogens is 301 g/mol. The topological polar surface area (TPSA) is 101 Å². The molecule has 2 rings (SSSR count). The molecule has 0 bridgehead atoms. The van der Waals surface area contributed by atoms with Crippen LogP contribution in [0.2, 0.25) is 10.0 Å². The minimum Gasteiger partial charge on any atom is -0.207 e. The Morgan fingerprint density at radius 2 is 2.11 bits per heavy atom. The maximum Gasteiger partial charge on any atom is 0.242 e. The van der Waals surface area contributed by atoms with E-state index in [4.69, 9.17) is 23.2 Å². The fraction of sp³-hybridized carbons (Fsp3) is 0.125. The third-order valence-corrected chi connectivity index (χ3v) is 4.39. The Bertz CT molecular complexity index is 644.